The van der Waals surface area contributed by atoms with Gasteiger partial charge in [-0.05, 0) is 31.9 Å². The van der Waals surface area contributed by atoms with Gasteiger partial charge in [-0.2, -0.15) is 0 Å². The Balaban J connectivity index is 2.29. The number of nitro benzene ring substituents is 1. The molecular weight excluding hydrogens is 394 g/mol. The standard InChI is InChI=1S/C20H25N3O5S/c1-5-17(16-11-9-14(2)10-12-16)21-20(24)13-22(29(4,27)28)18-7-6-8-19(15(18)3)23(25)26/h6-12,17H,5,13H2,1-4H3,(H,21,24). The number of nitrogens with one attached hydrogen (secondary N) is 1. The predicted molar refractivity (Wildman–Crippen MR) is 112 cm³/mol. The Morgan fingerprint density at radius 2 is 1.79 bits per heavy atom. The van der Waals surface area contributed by atoms with Crippen molar-refractivity contribution >= 4 is 27.3 Å². The molecule has 1 atom stereocenters. The molecule has 2 aromatic carbocycles. The number of hydrogen-bond acceptors (Lipinski definition) is 5. The van der Waals surface area contributed by atoms with E-state index in [4.69, 9.17) is 0 Å². The number of amides is 1. The van der Waals surface area contributed by atoms with Crippen LogP contribution >= 0.6 is 0 Å². The Morgan fingerprint density at radius 1 is 1.17 bits per heavy atom. The first-order valence-electron chi connectivity index (χ1n) is 9.12. The van der Waals surface area contributed by atoms with Gasteiger partial charge in [-0.1, -0.05) is 42.8 Å². The molecule has 0 heterocycles. The Labute approximate surface area is 170 Å². The Bertz CT molecular complexity index is 1000. The molecule has 2 aromatic rings. The lowest BCUT2D eigenvalue weighted by atomic mass is 10.0. The molecule has 0 radical (unpaired) electrons. The third-order valence-corrected chi connectivity index (χ3v) is 5.78. The number of rotatable bonds is 8. The molecule has 0 saturated carbocycles. The van der Waals surface area contributed by atoms with E-state index < -0.39 is 27.4 Å². The minimum Gasteiger partial charge on any atom is -0.348 e. The van der Waals surface area contributed by atoms with Gasteiger partial charge in [0.2, 0.25) is 15.9 Å². The largest absolute Gasteiger partial charge is 0.348 e. The fourth-order valence-corrected chi connectivity index (χ4v) is 3.96. The number of carbonyl (C=O) groups excluding carboxylic acids is 1. The summed E-state index contributed by atoms with van der Waals surface area (Å²) in [4.78, 5) is 23.3. The number of benzene rings is 2. The van der Waals surface area contributed by atoms with Crippen molar-refractivity contribution in [2.45, 2.75) is 33.2 Å². The van der Waals surface area contributed by atoms with Crippen LogP contribution in [0.4, 0.5) is 11.4 Å². The van der Waals surface area contributed by atoms with E-state index in [1.54, 1.807) is 0 Å². The minimum atomic E-state index is -3.84. The molecule has 0 saturated heterocycles. The first kappa shape index (κ1) is 22.4. The Kier molecular flexibility index (Phi) is 6.97. The van der Waals surface area contributed by atoms with E-state index in [0.29, 0.717) is 6.42 Å². The van der Waals surface area contributed by atoms with Gasteiger partial charge < -0.3 is 5.32 Å². The third kappa shape index (κ3) is 5.54. The van der Waals surface area contributed by atoms with Crippen LogP contribution < -0.4 is 9.62 Å². The number of nitro groups is 1. The van der Waals surface area contributed by atoms with Crippen molar-refractivity contribution in [2.24, 2.45) is 0 Å². The number of nitrogens with zero attached hydrogens (tertiary/aromatic N) is 2. The molecule has 2 rings (SSSR count). The molecule has 0 spiro atoms. The van der Waals surface area contributed by atoms with Crippen LogP contribution in [-0.4, -0.2) is 32.0 Å². The Hall–Kier alpha value is -2.94. The lowest BCUT2D eigenvalue weighted by molar-refractivity contribution is -0.385. The fourth-order valence-electron chi connectivity index (χ4n) is 3.05. The van der Waals surface area contributed by atoms with Gasteiger partial charge in [0.15, 0.2) is 0 Å². The van der Waals surface area contributed by atoms with Crippen molar-refractivity contribution in [3.8, 4) is 0 Å². The number of carbonyl (C=O) groups is 1. The monoisotopic (exact) mass is 419 g/mol. The van der Waals surface area contributed by atoms with Gasteiger partial charge >= 0.3 is 0 Å². The van der Waals surface area contributed by atoms with Crippen molar-refractivity contribution in [3.63, 3.8) is 0 Å². The molecule has 0 bridgehead atoms. The van der Waals surface area contributed by atoms with E-state index in [2.05, 4.69) is 5.32 Å². The SMILES string of the molecule is CCC(NC(=O)CN(c1cccc([N+](=O)[O-])c1C)S(C)(=O)=O)c1ccc(C)cc1. The van der Waals surface area contributed by atoms with Crippen molar-refractivity contribution in [1.82, 2.24) is 5.32 Å². The summed E-state index contributed by atoms with van der Waals surface area (Å²) in [6.07, 6.45) is 1.60. The van der Waals surface area contributed by atoms with Crippen LogP contribution in [0, 0.1) is 24.0 Å². The number of hydrogen-bond donors (Lipinski definition) is 1. The van der Waals surface area contributed by atoms with Crippen molar-refractivity contribution < 1.29 is 18.1 Å². The van der Waals surface area contributed by atoms with Gasteiger partial charge in [-0.25, -0.2) is 8.42 Å². The summed E-state index contributed by atoms with van der Waals surface area (Å²) in [5, 5.41) is 14.0. The van der Waals surface area contributed by atoms with E-state index in [1.165, 1.54) is 25.1 Å². The predicted octanol–water partition coefficient (Wildman–Crippen LogP) is 3.25. The summed E-state index contributed by atoms with van der Waals surface area (Å²) in [6.45, 7) is 4.88. The molecule has 0 aliphatic heterocycles. The second kappa shape index (κ2) is 9.04. The highest BCUT2D eigenvalue weighted by Crippen LogP contribution is 2.29. The van der Waals surface area contributed by atoms with Crippen LogP contribution in [0.1, 0.15) is 36.1 Å². The van der Waals surface area contributed by atoms with Crippen LogP contribution in [0.15, 0.2) is 42.5 Å². The summed E-state index contributed by atoms with van der Waals surface area (Å²) in [7, 11) is -3.84. The molecule has 0 aliphatic carbocycles. The van der Waals surface area contributed by atoms with E-state index in [0.717, 1.165) is 21.7 Å². The summed E-state index contributed by atoms with van der Waals surface area (Å²) >= 11 is 0. The molecule has 0 fully saturated rings. The quantitative estimate of drug-likeness (QED) is 0.522. The van der Waals surface area contributed by atoms with Crippen molar-refractivity contribution in [1.29, 1.82) is 0 Å². The van der Waals surface area contributed by atoms with Crippen LogP contribution in [0.5, 0.6) is 0 Å². The highest BCUT2D eigenvalue weighted by atomic mass is 32.2. The van der Waals surface area contributed by atoms with Crippen LogP contribution in [0.3, 0.4) is 0 Å². The highest BCUT2D eigenvalue weighted by Gasteiger charge is 2.26. The normalized spacial score (nSPS) is 12.3. The molecule has 29 heavy (non-hydrogen) atoms. The third-order valence-electron chi connectivity index (χ3n) is 4.65. The molecule has 9 heteroatoms. The summed E-state index contributed by atoms with van der Waals surface area (Å²) in [5.74, 6) is -0.492. The topological polar surface area (TPSA) is 110 Å². The zero-order valence-corrected chi connectivity index (χ0v) is 17.7. The molecule has 1 amide bonds. The molecule has 8 nitrogen and oxygen atoms in total. The average Bonchev–Trinajstić information content (AvgIpc) is 2.64. The van der Waals surface area contributed by atoms with Crippen molar-refractivity contribution in [2.75, 3.05) is 17.1 Å². The van der Waals surface area contributed by atoms with E-state index in [1.807, 2.05) is 38.1 Å². The first-order valence-corrected chi connectivity index (χ1v) is 11.0. The molecule has 156 valence electrons. The lowest BCUT2D eigenvalue weighted by Gasteiger charge is -2.25. The van der Waals surface area contributed by atoms with E-state index in [9.17, 15) is 23.3 Å². The van der Waals surface area contributed by atoms with E-state index >= 15 is 0 Å². The summed E-state index contributed by atoms with van der Waals surface area (Å²) < 4.78 is 25.6. The maximum Gasteiger partial charge on any atom is 0.274 e. The second-order valence-corrected chi connectivity index (χ2v) is 8.79. The van der Waals surface area contributed by atoms with Gasteiger partial charge in [-0.3, -0.25) is 19.2 Å². The lowest BCUT2D eigenvalue weighted by Crippen LogP contribution is -2.41. The zero-order chi connectivity index (χ0) is 21.8. The fraction of sp³-hybridized carbons (Fsp3) is 0.350. The summed E-state index contributed by atoms with van der Waals surface area (Å²) in [5.41, 5.74) is 2.10. The first-order chi connectivity index (χ1) is 13.5. The molecular formula is C20H25N3O5S. The second-order valence-electron chi connectivity index (χ2n) is 6.89. The zero-order valence-electron chi connectivity index (χ0n) is 16.9. The molecule has 1 N–H and O–H groups in total. The van der Waals surface area contributed by atoms with E-state index in [-0.39, 0.29) is 23.0 Å². The molecule has 1 unspecified atom stereocenters. The summed E-state index contributed by atoms with van der Waals surface area (Å²) in [6, 6.07) is 11.6. The maximum absolute atomic E-state index is 12.7. The Morgan fingerprint density at radius 3 is 2.31 bits per heavy atom. The van der Waals surface area contributed by atoms with Crippen LogP contribution in [0.2, 0.25) is 0 Å². The van der Waals surface area contributed by atoms with Crippen molar-refractivity contribution in [3.05, 3.63) is 69.3 Å². The van der Waals surface area contributed by atoms with Gasteiger partial charge in [0.25, 0.3) is 5.69 Å². The molecule has 0 aliphatic rings. The van der Waals surface area contributed by atoms with Crippen LogP contribution in [0.25, 0.3) is 0 Å². The smallest absolute Gasteiger partial charge is 0.274 e. The highest BCUT2D eigenvalue weighted by molar-refractivity contribution is 7.92. The van der Waals surface area contributed by atoms with Gasteiger partial charge in [0, 0.05) is 6.07 Å². The average molecular weight is 420 g/mol. The van der Waals surface area contributed by atoms with Gasteiger partial charge in [0.1, 0.15) is 6.54 Å². The number of sulfonamides is 1. The molecule has 0 aromatic heterocycles. The number of anilines is 1. The van der Waals surface area contributed by atoms with Gasteiger partial charge in [0.05, 0.1) is 28.5 Å². The minimum absolute atomic E-state index is 0.111. The maximum atomic E-state index is 12.7. The number of aryl methyl sites for hydroxylation is 1. The van der Waals surface area contributed by atoms with Gasteiger partial charge in [-0.15, -0.1) is 0 Å². The van der Waals surface area contributed by atoms with Crippen LogP contribution in [-0.2, 0) is 14.8 Å².